The molecule has 1 aromatic carbocycles. The van der Waals surface area contributed by atoms with E-state index in [0.29, 0.717) is 17.8 Å². The van der Waals surface area contributed by atoms with Crippen molar-refractivity contribution in [1.29, 1.82) is 0 Å². The van der Waals surface area contributed by atoms with Gasteiger partial charge in [-0.05, 0) is 30.2 Å². The summed E-state index contributed by atoms with van der Waals surface area (Å²) in [6, 6.07) is 8.95. The molecule has 1 heterocycles. The standard InChI is InChI=1S/C15H17N3O3/c1-10(15(20)21-2)9-11-3-5-12(6-4-11)17-14(19)13-7-8-16-18-13/h3-8,10H,9H2,1-2H3,(H,16,18)(H,17,19)/t10-/m0/s1. The van der Waals surface area contributed by atoms with Crippen LogP contribution in [0.1, 0.15) is 23.0 Å². The van der Waals surface area contributed by atoms with E-state index in [1.165, 1.54) is 13.3 Å². The van der Waals surface area contributed by atoms with Gasteiger partial charge in [0.25, 0.3) is 5.91 Å². The summed E-state index contributed by atoms with van der Waals surface area (Å²) in [5.74, 6) is -0.671. The second kappa shape index (κ2) is 6.69. The third kappa shape index (κ3) is 3.92. The fourth-order valence-corrected chi connectivity index (χ4v) is 1.94. The third-order valence-electron chi connectivity index (χ3n) is 3.10. The van der Waals surface area contributed by atoms with Crippen molar-refractivity contribution in [1.82, 2.24) is 10.2 Å². The zero-order valence-corrected chi connectivity index (χ0v) is 11.9. The molecule has 0 aliphatic carbocycles. The maximum absolute atomic E-state index is 11.8. The molecule has 2 N–H and O–H groups in total. The molecule has 0 bridgehead atoms. The predicted molar refractivity (Wildman–Crippen MR) is 77.9 cm³/mol. The Morgan fingerprint density at radius 3 is 2.57 bits per heavy atom. The lowest BCUT2D eigenvalue weighted by molar-refractivity contribution is -0.144. The van der Waals surface area contributed by atoms with Gasteiger partial charge in [0.15, 0.2) is 0 Å². The van der Waals surface area contributed by atoms with Gasteiger partial charge in [-0.3, -0.25) is 14.7 Å². The van der Waals surface area contributed by atoms with E-state index in [4.69, 9.17) is 4.74 Å². The number of rotatable bonds is 5. The summed E-state index contributed by atoms with van der Waals surface area (Å²) < 4.78 is 4.70. The number of aromatic nitrogens is 2. The van der Waals surface area contributed by atoms with Crippen LogP contribution in [0.4, 0.5) is 5.69 Å². The molecule has 0 aliphatic heterocycles. The minimum absolute atomic E-state index is 0.194. The average molecular weight is 287 g/mol. The zero-order valence-electron chi connectivity index (χ0n) is 11.9. The molecule has 0 saturated carbocycles. The van der Waals surface area contributed by atoms with Crippen molar-refractivity contribution in [3.8, 4) is 0 Å². The first-order valence-electron chi connectivity index (χ1n) is 6.57. The van der Waals surface area contributed by atoms with Gasteiger partial charge in [-0.15, -0.1) is 0 Å². The number of H-pyrrole nitrogens is 1. The van der Waals surface area contributed by atoms with E-state index in [9.17, 15) is 9.59 Å². The molecule has 0 radical (unpaired) electrons. The SMILES string of the molecule is COC(=O)[C@@H](C)Cc1ccc(NC(=O)c2ccn[nH]2)cc1. The first-order chi connectivity index (χ1) is 10.1. The summed E-state index contributed by atoms with van der Waals surface area (Å²) in [6.45, 7) is 1.82. The largest absolute Gasteiger partial charge is 0.469 e. The number of hydrogen-bond acceptors (Lipinski definition) is 4. The van der Waals surface area contributed by atoms with Gasteiger partial charge in [-0.2, -0.15) is 5.10 Å². The van der Waals surface area contributed by atoms with Crippen LogP contribution in [0.5, 0.6) is 0 Å². The number of hydrogen-bond donors (Lipinski definition) is 2. The van der Waals surface area contributed by atoms with Crippen LogP contribution in [-0.4, -0.2) is 29.2 Å². The lowest BCUT2D eigenvalue weighted by Crippen LogP contribution is -2.15. The number of esters is 1. The summed E-state index contributed by atoms with van der Waals surface area (Å²) in [5.41, 5.74) is 2.09. The molecular weight excluding hydrogens is 270 g/mol. The van der Waals surface area contributed by atoms with Gasteiger partial charge in [-0.1, -0.05) is 19.1 Å². The number of anilines is 1. The number of methoxy groups -OCH3 is 1. The van der Waals surface area contributed by atoms with E-state index in [1.807, 2.05) is 19.1 Å². The maximum atomic E-state index is 11.8. The van der Waals surface area contributed by atoms with E-state index in [0.717, 1.165) is 5.56 Å². The number of ether oxygens (including phenoxy) is 1. The monoisotopic (exact) mass is 287 g/mol. The normalized spacial score (nSPS) is 11.7. The number of amides is 1. The molecule has 0 spiro atoms. The number of carbonyl (C=O) groups is 2. The van der Waals surface area contributed by atoms with E-state index in [-0.39, 0.29) is 17.8 Å². The first-order valence-corrected chi connectivity index (χ1v) is 6.57. The Morgan fingerprint density at radius 1 is 1.29 bits per heavy atom. The fourth-order valence-electron chi connectivity index (χ4n) is 1.94. The number of nitrogens with one attached hydrogen (secondary N) is 2. The van der Waals surface area contributed by atoms with Crippen molar-refractivity contribution in [3.05, 3.63) is 47.8 Å². The molecule has 6 nitrogen and oxygen atoms in total. The summed E-state index contributed by atoms with van der Waals surface area (Å²) in [4.78, 5) is 23.2. The number of nitrogens with zero attached hydrogens (tertiary/aromatic N) is 1. The molecular formula is C15H17N3O3. The summed E-state index contributed by atoms with van der Waals surface area (Å²) in [6.07, 6.45) is 2.12. The smallest absolute Gasteiger partial charge is 0.308 e. The van der Waals surface area contributed by atoms with Crippen molar-refractivity contribution in [3.63, 3.8) is 0 Å². The van der Waals surface area contributed by atoms with E-state index >= 15 is 0 Å². The Bertz CT molecular complexity index is 606. The molecule has 0 saturated heterocycles. The fraction of sp³-hybridized carbons (Fsp3) is 0.267. The van der Waals surface area contributed by atoms with Crippen LogP contribution >= 0.6 is 0 Å². The lowest BCUT2D eigenvalue weighted by atomic mass is 10.0. The Kier molecular flexibility index (Phi) is 4.71. The van der Waals surface area contributed by atoms with Crippen LogP contribution in [0.3, 0.4) is 0 Å². The molecule has 21 heavy (non-hydrogen) atoms. The lowest BCUT2D eigenvalue weighted by Gasteiger charge is -2.10. The highest BCUT2D eigenvalue weighted by molar-refractivity contribution is 6.02. The predicted octanol–water partition coefficient (Wildman–Crippen LogP) is 2.01. The molecule has 110 valence electrons. The van der Waals surface area contributed by atoms with Crippen LogP contribution in [0.2, 0.25) is 0 Å². The topological polar surface area (TPSA) is 84.1 Å². The minimum Gasteiger partial charge on any atom is -0.469 e. The minimum atomic E-state index is -0.247. The zero-order chi connectivity index (χ0) is 15.2. The van der Waals surface area contributed by atoms with E-state index in [2.05, 4.69) is 15.5 Å². The number of aromatic amines is 1. The van der Waals surface area contributed by atoms with Crippen LogP contribution in [-0.2, 0) is 16.0 Å². The molecule has 1 aromatic heterocycles. The number of carbonyl (C=O) groups excluding carboxylic acids is 2. The molecule has 0 unspecified atom stereocenters. The second-order valence-corrected chi connectivity index (χ2v) is 4.75. The average Bonchev–Trinajstić information content (AvgIpc) is 3.02. The summed E-state index contributed by atoms with van der Waals surface area (Å²) >= 11 is 0. The van der Waals surface area contributed by atoms with Gasteiger partial charge in [-0.25, -0.2) is 0 Å². The van der Waals surface area contributed by atoms with Crippen LogP contribution in [0.25, 0.3) is 0 Å². The molecule has 0 fully saturated rings. The highest BCUT2D eigenvalue weighted by Gasteiger charge is 2.13. The molecule has 2 rings (SSSR count). The molecule has 1 amide bonds. The highest BCUT2D eigenvalue weighted by Crippen LogP contribution is 2.14. The van der Waals surface area contributed by atoms with Gasteiger partial charge in [0.2, 0.25) is 0 Å². The first kappa shape index (κ1) is 14.8. The van der Waals surface area contributed by atoms with Crippen molar-refractivity contribution < 1.29 is 14.3 Å². The summed E-state index contributed by atoms with van der Waals surface area (Å²) in [5, 5.41) is 9.08. The Balaban J connectivity index is 1.96. The van der Waals surface area contributed by atoms with Crippen molar-refractivity contribution in [2.45, 2.75) is 13.3 Å². The molecule has 2 aromatic rings. The van der Waals surface area contributed by atoms with E-state index < -0.39 is 0 Å². The molecule has 0 aliphatic rings. The van der Waals surface area contributed by atoms with Gasteiger partial charge >= 0.3 is 5.97 Å². The Morgan fingerprint density at radius 2 is 2.00 bits per heavy atom. The van der Waals surface area contributed by atoms with Gasteiger partial charge < -0.3 is 10.1 Å². The Hall–Kier alpha value is -2.63. The van der Waals surface area contributed by atoms with Crippen LogP contribution in [0, 0.1) is 5.92 Å². The van der Waals surface area contributed by atoms with Crippen molar-refractivity contribution >= 4 is 17.6 Å². The van der Waals surface area contributed by atoms with Crippen molar-refractivity contribution in [2.24, 2.45) is 5.92 Å². The van der Waals surface area contributed by atoms with Gasteiger partial charge in [0, 0.05) is 11.9 Å². The quantitative estimate of drug-likeness (QED) is 0.824. The van der Waals surface area contributed by atoms with Crippen LogP contribution in [0.15, 0.2) is 36.5 Å². The molecule has 6 heteroatoms. The van der Waals surface area contributed by atoms with Gasteiger partial charge in [0.05, 0.1) is 13.0 Å². The highest BCUT2D eigenvalue weighted by atomic mass is 16.5. The third-order valence-corrected chi connectivity index (χ3v) is 3.10. The van der Waals surface area contributed by atoms with Crippen LogP contribution < -0.4 is 5.32 Å². The van der Waals surface area contributed by atoms with Crippen molar-refractivity contribution in [2.75, 3.05) is 12.4 Å². The van der Waals surface area contributed by atoms with Gasteiger partial charge in [0.1, 0.15) is 5.69 Å². The molecule has 1 atom stereocenters. The maximum Gasteiger partial charge on any atom is 0.308 e. The van der Waals surface area contributed by atoms with E-state index in [1.54, 1.807) is 18.2 Å². The summed E-state index contributed by atoms with van der Waals surface area (Å²) in [7, 11) is 1.38. The Labute approximate surface area is 122 Å². The number of benzene rings is 1. The second-order valence-electron chi connectivity index (χ2n) is 4.75.